The number of aryl methyl sites for hydroxylation is 1. The van der Waals surface area contributed by atoms with Gasteiger partial charge < -0.3 is 15.4 Å². The molecule has 0 radical (unpaired) electrons. The highest BCUT2D eigenvalue weighted by atomic mass is 35.5. The summed E-state index contributed by atoms with van der Waals surface area (Å²) in [6.45, 7) is 1.78. The normalized spacial score (nSPS) is 10.8. The van der Waals surface area contributed by atoms with Crippen LogP contribution in [0.25, 0.3) is 11.3 Å². The molecule has 0 aliphatic heterocycles. The molecule has 0 fully saturated rings. The van der Waals surface area contributed by atoms with E-state index in [4.69, 9.17) is 16.3 Å². The summed E-state index contributed by atoms with van der Waals surface area (Å²) in [5.41, 5.74) is 7.92. The predicted molar refractivity (Wildman–Crippen MR) is 169 cm³/mol. The van der Waals surface area contributed by atoms with Crippen LogP contribution in [0.4, 0.5) is 16.5 Å². The molecule has 1 aromatic heterocycles. The Labute approximate surface area is 252 Å². The second-order valence-electron chi connectivity index (χ2n) is 9.19. The van der Waals surface area contributed by atoms with Gasteiger partial charge in [-0.2, -0.15) is 5.10 Å². The maximum absolute atomic E-state index is 12.7. The molecule has 10 heteroatoms. The summed E-state index contributed by atoms with van der Waals surface area (Å²) in [5.74, 6) is -0.180. The molecule has 3 N–H and O–H groups in total. The van der Waals surface area contributed by atoms with E-state index in [1.54, 1.807) is 30.3 Å². The summed E-state index contributed by atoms with van der Waals surface area (Å²) in [6, 6.07) is 29.2. The van der Waals surface area contributed by atoms with Gasteiger partial charge in [-0.25, -0.2) is 10.4 Å². The zero-order valence-electron chi connectivity index (χ0n) is 22.5. The number of ether oxygens (including phenoxy) is 1. The molecule has 8 nitrogen and oxygen atoms in total. The molecule has 1 heterocycles. The number of amides is 2. The Hall–Kier alpha value is -4.99. The van der Waals surface area contributed by atoms with Crippen molar-refractivity contribution in [2.24, 2.45) is 5.10 Å². The maximum atomic E-state index is 12.7. The molecule has 0 aliphatic rings. The Kier molecular flexibility index (Phi) is 9.23. The number of anilines is 3. The van der Waals surface area contributed by atoms with Crippen molar-refractivity contribution in [2.45, 2.75) is 6.92 Å². The molecule has 0 bridgehead atoms. The second-order valence-corrected chi connectivity index (χ2v) is 10.5. The molecule has 0 atom stereocenters. The SMILES string of the molecule is Cc1cccc(NC(=O)COc2ccccc2/C=N\NC(=O)c2ccc(-c3csc(Nc4ccc(Cl)cc4)n3)cc2)c1. The number of para-hydroxylation sites is 1. The number of benzene rings is 4. The minimum Gasteiger partial charge on any atom is -0.483 e. The Morgan fingerprint density at radius 1 is 0.952 bits per heavy atom. The average molecular weight is 596 g/mol. The van der Waals surface area contributed by atoms with Crippen LogP contribution in [-0.4, -0.2) is 29.6 Å². The van der Waals surface area contributed by atoms with E-state index in [-0.39, 0.29) is 18.4 Å². The van der Waals surface area contributed by atoms with Gasteiger partial charge in [0.05, 0.1) is 11.9 Å². The molecule has 42 heavy (non-hydrogen) atoms. The van der Waals surface area contributed by atoms with Gasteiger partial charge in [-0.3, -0.25) is 9.59 Å². The van der Waals surface area contributed by atoms with Crippen LogP contribution in [0.15, 0.2) is 108 Å². The largest absolute Gasteiger partial charge is 0.483 e. The number of thiazole rings is 1. The minimum absolute atomic E-state index is 0.171. The number of aromatic nitrogens is 1. The highest BCUT2D eigenvalue weighted by Gasteiger charge is 2.10. The molecule has 4 aromatic carbocycles. The first-order chi connectivity index (χ1) is 20.4. The molecule has 0 unspecified atom stereocenters. The summed E-state index contributed by atoms with van der Waals surface area (Å²) in [6.07, 6.45) is 1.48. The van der Waals surface area contributed by atoms with Crippen molar-refractivity contribution in [1.29, 1.82) is 0 Å². The van der Waals surface area contributed by atoms with Gasteiger partial charge in [0.15, 0.2) is 11.7 Å². The number of nitrogens with one attached hydrogen (secondary N) is 3. The van der Waals surface area contributed by atoms with E-state index in [2.05, 4.69) is 26.1 Å². The van der Waals surface area contributed by atoms with Crippen LogP contribution in [0.1, 0.15) is 21.5 Å². The monoisotopic (exact) mass is 595 g/mol. The van der Waals surface area contributed by atoms with Crippen molar-refractivity contribution in [2.75, 3.05) is 17.2 Å². The fraction of sp³-hybridized carbons (Fsp3) is 0.0625. The van der Waals surface area contributed by atoms with Crippen LogP contribution in [0.2, 0.25) is 5.02 Å². The number of hydrazone groups is 1. The van der Waals surface area contributed by atoms with Crippen molar-refractivity contribution in [3.8, 4) is 17.0 Å². The maximum Gasteiger partial charge on any atom is 0.271 e. The van der Waals surface area contributed by atoms with Crippen molar-refractivity contribution in [1.82, 2.24) is 10.4 Å². The van der Waals surface area contributed by atoms with E-state index >= 15 is 0 Å². The fourth-order valence-corrected chi connectivity index (χ4v) is 4.79. The molecule has 0 aliphatic carbocycles. The second kappa shape index (κ2) is 13.6. The molecule has 0 saturated carbocycles. The van der Waals surface area contributed by atoms with Gasteiger partial charge in [-0.1, -0.05) is 48.0 Å². The van der Waals surface area contributed by atoms with Crippen LogP contribution in [-0.2, 0) is 4.79 Å². The molecule has 0 spiro atoms. The first kappa shape index (κ1) is 28.5. The van der Waals surface area contributed by atoms with Crippen LogP contribution < -0.4 is 20.8 Å². The van der Waals surface area contributed by atoms with Gasteiger partial charge in [-0.15, -0.1) is 11.3 Å². The lowest BCUT2D eigenvalue weighted by atomic mass is 10.1. The first-order valence-electron chi connectivity index (χ1n) is 12.9. The highest BCUT2D eigenvalue weighted by Crippen LogP contribution is 2.28. The third kappa shape index (κ3) is 7.81. The number of carbonyl (C=O) groups is 2. The van der Waals surface area contributed by atoms with Crippen LogP contribution in [0.5, 0.6) is 5.75 Å². The summed E-state index contributed by atoms with van der Waals surface area (Å²) in [4.78, 5) is 29.6. The van der Waals surface area contributed by atoms with E-state index in [0.29, 0.717) is 27.6 Å². The number of nitrogens with zero attached hydrogens (tertiary/aromatic N) is 2. The third-order valence-electron chi connectivity index (χ3n) is 5.99. The van der Waals surface area contributed by atoms with Crippen molar-refractivity contribution in [3.63, 3.8) is 0 Å². The lowest BCUT2D eigenvalue weighted by Crippen LogP contribution is -2.20. The minimum atomic E-state index is -0.364. The van der Waals surface area contributed by atoms with E-state index in [9.17, 15) is 9.59 Å². The molecule has 0 saturated heterocycles. The van der Waals surface area contributed by atoms with E-state index in [0.717, 1.165) is 27.6 Å². The van der Waals surface area contributed by atoms with E-state index < -0.39 is 0 Å². The van der Waals surface area contributed by atoms with Gasteiger partial charge in [0, 0.05) is 38.5 Å². The Bertz CT molecular complexity index is 1720. The number of hydrogen-bond acceptors (Lipinski definition) is 7. The number of carbonyl (C=O) groups excluding carboxylic acids is 2. The van der Waals surface area contributed by atoms with Gasteiger partial charge in [0.25, 0.3) is 11.8 Å². The summed E-state index contributed by atoms with van der Waals surface area (Å²) in [5, 5.41) is 13.5. The van der Waals surface area contributed by atoms with E-state index in [1.807, 2.05) is 79.0 Å². The van der Waals surface area contributed by atoms with Crippen LogP contribution in [0, 0.1) is 6.92 Å². The predicted octanol–water partition coefficient (Wildman–Crippen LogP) is 7.30. The molecular formula is C32H26ClN5O3S. The van der Waals surface area contributed by atoms with Gasteiger partial charge in [0.1, 0.15) is 5.75 Å². The van der Waals surface area contributed by atoms with Crippen LogP contribution in [0.3, 0.4) is 0 Å². The topological polar surface area (TPSA) is 105 Å². The van der Waals surface area contributed by atoms with Gasteiger partial charge in [0.2, 0.25) is 0 Å². The Morgan fingerprint density at radius 3 is 2.52 bits per heavy atom. The summed E-state index contributed by atoms with van der Waals surface area (Å²) in [7, 11) is 0. The lowest BCUT2D eigenvalue weighted by Gasteiger charge is -2.10. The van der Waals surface area contributed by atoms with E-state index in [1.165, 1.54) is 17.6 Å². The average Bonchev–Trinajstić information content (AvgIpc) is 3.46. The molecule has 5 aromatic rings. The van der Waals surface area contributed by atoms with Gasteiger partial charge >= 0.3 is 0 Å². The first-order valence-corrected chi connectivity index (χ1v) is 14.2. The number of rotatable bonds is 10. The Balaban J connectivity index is 1.14. The van der Waals surface area contributed by atoms with Crippen LogP contribution >= 0.6 is 22.9 Å². The smallest absolute Gasteiger partial charge is 0.271 e. The number of halogens is 1. The standard InChI is InChI=1S/C32H26ClN5O3S/c1-21-5-4-7-27(17-21)35-30(39)19-41-29-8-3-2-6-24(29)18-34-38-31(40)23-11-9-22(10-12-23)28-20-42-32(37-28)36-26-15-13-25(33)14-16-26/h2-18,20H,19H2,1H3,(H,35,39)(H,36,37)(H,38,40)/b34-18-. The van der Waals surface area contributed by atoms with Crippen molar-refractivity contribution in [3.05, 3.63) is 124 Å². The fourth-order valence-electron chi connectivity index (χ4n) is 3.92. The highest BCUT2D eigenvalue weighted by molar-refractivity contribution is 7.14. The van der Waals surface area contributed by atoms with Gasteiger partial charge in [-0.05, 0) is 73.2 Å². The molecule has 5 rings (SSSR count). The molecule has 210 valence electrons. The lowest BCUT2D eigenvalue weighted by molar-refractivity contribution is -0.118. The molecule has 2 amide bonds. The van der Waals surface area contributed by atoms with Crippen molar-refractivity contribution < 1.29 is 14.3 Å². The Morgan fingerprint density at radius 2 is 1.74 bits per heavy atom. The summed E-state index contributed by atoms with van der Waals surface area (Å²) >= 11 is 7.43. The summed E-state index contributed by atoms with van der Waals surface area (Å²) < 4.78 is 5.71. The zero-order chi connectivity index (χ0) is 29.3. The molecular weight excluding hydrogens is 570 g/mol. The number of hydrogen-bond donors (Lipinski definition) is 3. The third-order valence-corrected chi connectivity index (χ3v) is 7.00. The zero-order valence-corrected chi connectivity index (χ0v) is 24.1. The van der Waals surface area contributed by atoms with Crippen molar-refractivity contribution >= 4 is 57.5 Å². The quantitative estimate of drug-likeness (QED) is 0.116.